The molecule has 1 rings (SSSR count). The lowest BCUT2D eigenvalue weighted by atomic mass is 10.0. The van der Waals surface area contributed by atoms with Crippen LogP contribution in [-0.4, -0.2) is 65.7 Å². The van der Waals surface area contributed by atoms with Crippen molar-refractivity contribution in [2.24, 2.45) is 5.92 Å². The van der Waals surface area contributed by atoms with Crippen LogP contribution in [0.4, 0.5) is 0 Å². The molecule has 5 N–H and O–H groups in total. The average molecular weight is 477 g/mol. The highest BCUT2D eigenvalue weighted by molar-refractivity contribution is 5.94. The van der Waals surface area contributed by atoms with Crippen molar-refractivity contribution in [2.75, 3.05) is 13.1 Å². The Balaban J connectivity index is 2.52. The van der Waals surface area contributed by atoms with E-state index in [1.165, 1.54) is 0 Å². The first-order valence-electron chi connectivity index (χ1n) is 10.9. The Morgan fingerprint density at radius 2 is 1.50 bits per heavy atom. The van der Waals surface area contributed by atoms with Gasteiger partial charge in [0.2, 0.25) is 23.6 Å². The third-order valence-corrected chi connectivity index (χ3v) is 4.76. The summed E-state index contributed by atoms with van der Waals surface area (Å²) in [6.45, 7) is 3.85. The number of ketones is 1. The average Bonchev–Trinajstić information content (AvgIpc) is 2.77. The number of carboxylic acid groups (broad SMARTS) is 1. The number of carboxylic acids is 1. The number of hydrogen-bond donors (Lipinski definition) is 5. The molecular weight excluding hydrogens is 444 g/mol. The molecule has 2 atom stereocenters. The molecule has 0 saturated carbocycles. The molecule has 34 heavy (non-hydrogen) atoms. The minimum absolute atomic E-state index is 0.152. The van der Waals surface area contributed by atoms with Gasteiger partial charge in [-0.3, -0.25) is 28.8 Å². The second-order valence-electron chi connectivity index (χ2n) is 8.10. The molecule has 11 nitrogen and oxygen atoms in total. The van der Waals surface area contributed by atoms with Crippen molar-refractivity contribution in [3.05, 3.63) is 35.9 Å². The summed E-state index contributed by atoms with van der Waals surface area (Å²) in [7, 11) is 0. The quantitative estimate of drug-likeness (QED) is 0.242. The van der Waals surface area contributed by atoms with Gasteiger partial charge in [-0.1, -0.05) is 44.2 Å². The van der Waals surface area contributed by atoms with Crippen LogP contribution in [0.15, 0.2) is 30.3 Å². The number of carbonyl (C=O) groups excluding carboxylic acids is 5. The summed E-state index contributed by atoms with van der Waals surface area (Å²) in [5.41, 5.74) is 1.01. The predicted molar refractivity (Wildman–Crippen MR) is 122 cm³/mol. The smallest absolute Gasteiger partial charge is 0.305 e. The third-order valence-electron chi connectivity index (χ3n) is 4.76. The Hall–Kier alpha value is -3.76. The fourth-order valence-corrected chi connectivity index (χ4v) is 2.99. The van der Waals surface area contributed by atoms with Gasteiger partial charge in [-0.15, -0.1) is 0 Å². The summed E-state index contributed by atoms with van der Waals surface area (Å²) in [5, 5.41) is 18.3. The van der Waals surface area contributed by atoms with Crippen LogP contribution in [0.5, 0.6) is 0 Å². The highest BCUT2D eigenvalue weighted by atomic mass is 16.4. The molecule has 0 aliphatic heterocycles. The molecule has 0 aliphatic rings. The highest BCUT2D eigenvalue weighted by Gasteiger charge is 2.26. The normalized spacial score (nSPS) is 12.2. The highest BCUT2D eigenvalue weighted by Crippen LogP contribution is 2.04. The van der Waals surface area contributed by atoms with Crippen LogP contribution in [0.1, 0.15) is 39.2 Å². The molecular formula is C23H32N4O7. The second kappa shape index (κ2) is 14.4. The van der Waals surface area contributed by atoms with Gasteiger partial charge in [-0.05, 0) is 17.9 Å². The molecule has 0 bridgehead atoms. The molecule has 0 fully saturated rings. The van der Waals surface area contributed by atoms with E-state index in [1.54, 1.807) is 13.8 Å². The molecule has 0 saturated heterocycles. The molecule has 11 heteroatoms. The van der Waals surface area contributed by atoms with Crippen LogP contribution < -0.4 is 21.3 Å². The van der Waals surface area contributed by atoms with Crippen molar-refractivity contribution in [1.82, 2.24) is 21.3 Å². The molecule has 1 unspecified atom stereocenters. The third kappa shape index (κ3) is 11.2. The summed E-state index contributed by atoms with van der Waals surface area (Å²) >= 11 is 0. The van der Waals surface area contributed by atoms with E-state index in [2.05, 4.69) is 21.3 Å². The van der Waals surface area contributed by atoms with Gasteiger partial charge in [0.05, 0.1) is 19.5 Å². The number of amides is 4. The van der Waals surface area contributed by atoms with E-state index < -0.39 is 54.6 Å². The van der Waals surface area contributed by atoms with E-state index in [9.17, 15) is 28.8 Å². The SMILES string of the molecule is CC(=O)N[C@@H](CC(=O)O)C(=O)NCC(=O)NC(C(=O)NCC(=O)CCc1ccccc1)C(C)C. The van der Waals surface area contributed by atoms with E-state index >= 15 is 0 Å². The van der Waals surface area contributed by atoms with Gasteiger partial charge in [0.15, 0.2) is 5.78 Å². The molecule has 0 spiro atoms. The van der Waals surface area contributed by atoms with E-state index in [1.807, 2.05) is 30.3 Å². The van der Waals surface area contributed by atoms with E-state index in [4.69, 9.17) is 5.11 Å². The van der Waals surface area contributed by atoms with Crippen molar-refractivity contribution in [2.45, 2.75) is 52.1 Å². The Morgan fingerprint density at radius 3 is 2.06 bits per heavy atom. The lowest BCUT2D eigenvalue weighted by molar-refractivity contribution is -0.140. The van der Waals surface area contributed by atoms with Crippen LogP contribution in [0, 0.1) is 5.92 Å². The first-order chi connectivity index (χ1) is 16.0. The number of aliphatic carboxylic acids is 1. The van der Waals surface area contributed by atoms with Gasteiger partial charge in [-0.2, -0.15) is 0 Å². The van der Waals surface area contributed by atoms with Gasteiger partial charge in [0.1, 0.15) is 12.1 Å². The minimum Gasteiger partial charge on any atom is -0.481 e. The number of Topliss-reactive ketones (excluding diaryl/α,β-unsaturated/α-hetero) is 1. The predicted octanol–water partition coefficient (Wildman–Crippen LogP) is -0.459. The molecule has 1 aromatic rings. The summed E-state index contributed by atoms with van der Waals surface area (Å²) in [6, 6.07) is 7.18. The van der Waals surface area contributed by atoms with Crippen LogP contribution >= 0.6 is 0 Å². The lowest BCUT2D eigenvalue weighted by Gasteiger charge is -2.22. The van der Waals surface area contributed by atoms with Crippen molar-refractivity contribution in [3.8, 4) is 0 Å². The van der Waals surface area contributed by atoms with Crippen LogP contribution in [-0.2, 0) is 35.2 Å². The molecule has 0 heterocycles. The minimum atomic E-state index is -1.34. The van der Waals surface area contributed by atoms with E-state index in [-0.39, 0.29) is 24.7 Å². The Kier molecular flexibility index (Phi) is 12.0. The topological polar surface area (TPSA) is 171 Å². The molecule has 186 valence electrons. The zero-order valence-electron chi connectivity index (χ0n) is 19.6. The summed E-state index contributed by atoms with van der Waals surface area (Å²) in [4.78, 5) is 71.0. The fraction of sp³-hybridized carbons (Fsp3) is 0.478. The largest absolute Gasteiger partial charge is 0.481 e. The van der Waals surface area contributed by atoms with Gasteiger partial charge in [-0.25, -0.2) is 0 Å². The van der Waals surface area contributed by atoms with Gasteiger partial charge >= 0.3 is 5.97 Å². The standard InChI is InChI=1S/C23H32N4O7/c1-14(2)21(23(34)24-12-17(29)10-9-16-7-5-4-6-8-16)27-19(30)13-25-22(33)18(11-20(31)32)26-15(3)28/h4-8,14,18,21H,9-13H2,1-3H3,(H,24,34)(H,25,33)(H,26,28)(H,27,30)(H,31,32)/t18-,21?/m0/s1. The molecule has 0 aromatic heterocycles. The van der Waals surface area contributed by atoms with Crippen LogP contribution in [0.2, 0.25) is 0 Å². The monoisotopic (exact) mass is 476 g/mol. The zero-order valence-corrected chi connectivity index (χ0v) is 19.6. The number of hydrogen-bond acceptors (Lipinski definition) is 6. The molecule has 4 amide bonds. The second-order valence-corrected chi connectivity index (χ2v) is 8.10. The van der Waals surface area contributed by atoms with E-state index in [0.29, 0.717) is 6.42 Å². The van der Waals surface area contributed by atoms with Crippen molar-refractivity contribution < 1.29 is 33.9 Å². The summed E-state index contributed by atoms with van der Waals surface area (Å²) in [5.74, 6) is -4.42. The number of aryl methyl sites for hydroxylation is 1. The number of nitrogens with one attached hydrogen (secondary N) is 4. The van der Waals surface area contributed by atoms with Crippen LogP contribution in [0.3, 0.4) is 0 Å². The van der Waals surface area contributed by atoms with Crippen LogP contribution in [0.25, 0.3) is 0 Å². The number of carbonyl (C=O) groups is 6. The lowest BCUT2D eigenvalue weighted by Crippen LogP contribution is -2.54. The Bertz CT molecular complexity index is 871. The summed E-state index contributed by atoms with van der Waals surface area (Å²) < 4.78 is 0. The van der Waals surface area contributed by atoms with Gasteiger partial charge in [0, 0.05) is 13.3 Å². The molecule has 0 radical (unpaired) electrons. The number of benzene rings is 1. The van der Waals surface area contributed by atoms with E-state index in [0.717, 1.165) is 12.5 Å². The molecule has 0 aliphatic carbocycles. The Labute approximate surface area is 198 Å². The Morgan fingerprint density at radius 1 is 0.882 bits per heavy atom. The maximum atomic E-state index is 12.5. The number of rotatable bonds is 14. The zero-order chi connectivity index (χ0) is 25.7. The first-order valence-corrected chi connectivity index (χ1v) is 10.9. The van der Waals surface area contributed by atoms with Crippen molar-refractivity contribution >= 4 is 35.4 Å². The van der Waals surface area contributed by atoms with Crippen molar-refractivity contribution in [3.63, 3.8) is 0 Å². The molecule has 1 aromatic carbocycles. The first kappa shape index (κ1) is 28.3. The maximum Gasteiger partial charge on any atom is 0.305 e. The maximum absolute atomic E-state index is 12.5. The summed E-state index contributed by atoms with van der Waals surface area (Å²) in [6.07, 6.45) is 0.171. The fourth-order valence-electron chi connectivity index (χ4n) is 2.99. The van der Waals surface area contributed by atoms with Crippen molar-refractivity contribution in [1.29, 1.82) is 0 Å². The van der Waals surface area contributed by atoms with Gasteiger partial charge < -0.3 is 26.4 Å². The van der Waals surface area contributed by atoms with Gasteiger partial charge in [0.25, 0.3) is 0 Å².